The zero-order chi connectivity index (χ0) is 17.5. The van der Waals surface area contributed by atoms with Crippen LogP contribution in [0.1, 0.15) is 22.8 Å². The van der Waals surface area contributed by atoms with E-state index in [9.17, 15) is 15.0 Å². The highest BCUT2D eigenvalue weighted by Crippen LogP contribution is 2.26. The number of hydrogen-bond acceptors (Lipinski definition) is 6. The summed E-state index contributed by atoms with van der Waals surface area (Å²) in [5, 5.41) is 29.0. The molecule has 124 valence electrons. The standard InChI is InChI=1S/C18H17NO5/c1-23-18(22)17(21)16(20)13-7-8-14(10-19)15(9-13)24-11-12-5-3-2-4-6-12/h2-9,16-17,20-21H,11H2,1H3. The fraction of sp³-hybridized carbons (Fsp3) is 0.222. The van der Waals surface area contributed by atoms with Gasteiger partial charge >= 0.3 is 5.97 Å². The first-order valence-electron chi connectivity index (χ1n) is 7.21. The quantitative estimate of drug-likeness (QED) is 0.784. The average molecular weight is 327 g/mol. The SMILES string of the molecule is COC(=O)C(O)C(O)c1ccc(C#N)c(OCc2ccccc2)c1. The average Bonchev–Trinajstić information content (AvgIpc) is 2.65. The number of aliphatic hydroxyl groups excluding tert-OH is 2. The Kier molecular flexibility index (Phi) is 5.90. The topological polar surface area (TPSA) is 99.8 Å². The van der Waals surface area contributed by atoms with E-state index < -0.39 is 18.2 Å². The Morgan fingerprint density at radius 2 is 1.92 bits per heavy atom. The van der Waals surface area contributed by atoms with Gasteiger partial charge in [-0.2, -0.15) is 5.26 Å². The van der Waals surface area contributed by atoms with Crippen LogP contribution in [0.25, 0.3) is 0 Å². The van der Waals surface area contributed by atoms with Gasteiger partial charge in [-0.05, 0) is 23.3 Å². The second kappa shape index (κ2) is 8.11. The summed E-state index contributed by atoms with van der Waals surface area (Å²) in [5.74, 6) is -0.686. The van der Waals surface area contributed by atoms with Crippen LogP contribution < -0.4 is 4.74 Å². The molecule has 0 aromatic heterocycles. The summed E-state index contributed by atoms with van der Waals surface area (Å²) in [7, 11) is 1.12. The van der Waals surface area contributed by atoms with Gasteiger partial charge in [-0.1, -0.05) is 36.4 Å². The minimum absolute atomic E-state index is 0.245. The van der Waals surface area contributed by atoms with Crippen molar-refractivity contribution in [2.75, 3.05) is 7.11 Å². The Balaban J connectivity index is 2.21. The van der Waals surface area contributed by atoms with Crippen LogP contribution in [-0.4, -0.2) is 29.4 Å². The van der Waals surface area contributed by atoms with Crippen molar-refractivity contribution in [3.63, 3.8) is 0 Å². The minimum atomic E-state index is -1.72. The lowest BCUT2D eigenvalue weighted by Crippen LogP contribution is -2.29. The van der Waals surface area contributed by atoms with Gasteiger partial charge in [0.2, 0.25) is 0 Å². The Labute approximate surface area is 139 Å². The molecular formula is C18H17NO5. The van der Waals surface area contributed by atoms with Crippen molar-refractivity contribution in [1.29, 1.82) is 5.26 Å². The molecule has 6 nitrogen and oxygen atoms in total. The normalized spacial score (nSPS) is 12.8. The number of carbonyl (C=O) groups is 1. The predicted molar refractivity (Wildman–Crippen MR) is 84.9 cm³/mol. The highest BCUT2D eigenvalue weighted by Gasteiger charge is 2.27. The maximum Gasteiger partial charge on any atom is 0.337 e. The molecule has 0 saturated heterocycles. The van der Waals surface area contributed by atoms with Crippen molar-refractivity contribution in [1.82, 2.24) is 0 Å². The van der Waals surface area contributed by atoms with Gasteiger partial charge in [0.05, 0.1) is 12.7 Å². The zero-order valence-electron chi connectivity index (χ0n) is 13.0. The maximum atomic E-state index is 11.3. The van der Waals surface area contributed by atoms with Crippen molar-refractivity contribution in [3.05, 3.63) is 65.2 Å². The Morgan fingerprint density at radius 3 is 2.54 bits per heavy atom. The molecule has 2 N–H and O–H groups in total. The smallest absolute Gasteiger partial charge is 0.337 e. The lowest BCUT2D eigenvalue weighted by atomic mass is 10.0. The van der Waals surface area contributed by atoms with E-state index in [0.717, 1.165) is 12.7 Å². The molecule has 2 unspecified atom stereocenters. The molecule has 0 heterocycles. The van der Waals surface area contributed by atoms with Gasteiger partial charge in [0.15, 0.2) is 6.10 Å². The van der Waals surface area contributed by atoms with E-state index in [2.05, 4.69) is 4.74 Å². The number of rotatable bonds is 6. The van der Waals surface area contributed by atoms with Crippen molar-refractivity contribution in [3.8, 4) is 11.8 Å². The summed E-state index contributed by atoms with van der Waals surface area (Å²) in [6.07, 6.45) is -3.20. The maximum absolute atomic E-state index is 11.3. The molecule has 2 atom stereocenters. The van der Waals surface area contributed by atoms with Crippen LogP contribution in [0.2, 0.25) is 0 Å². The molecule has 0 bridgehead atoms. The molecule has 24 heavy (non-hydrogen) atoms. The molecule has 0 aliphatic heterocycles. The fourth-order valence-electron chi connectivity index (χ4n) is 2.10. The summed E-state index contributed by atoms with van der Waals surface area (Å²) in [4.78, 5) is 11.3. The highest BCUT2D eigenvalue weighted by molar-refractivity contribution is 5.75. The van der Waals surface area contributed by atoms with E-state index in [0.29, 0.717) is 0 Å². The van der Waals surface area contributed by atoms with Gasteiger partial charge in [-0.3, -0.25) is 0 Å². The van der Waals surface area contributed by atoms with Gasteiger partial charge in [0, 0.05) is 0 Å². The molecule has 0 aliphatic rings. The van der Waals surface area contributed by atoms with Crippen LogP contribution in [0.15, 0.2) is 48.5 Å². The second-order valence-electron chi connectivity index (χ2n) is 5.05. The summed E-state index contributed by atoms with van der Waals surface area (Å²) in [6.45, 7) is 0.245. The molecule has 0 fully saturated rings. The predicted octanol–water partition coefficient (Wildman–Crippen LogP) is 1.70. The molecule has 0 saturated carbocycles. The van der Waals surface area contributed by atoms with Crippen molar-refractivity contribution in [2.24, 2.45) is 0 Å². The third kappa shape index (κ3) is 4.10. The van der Waals surface area contributed by atoms with E-state index in [1.807, 2.05) is 36.4 Å². The summed E-state index contributed by atoms with van der Waals surface area (Å²) in [6, 6.07) is 15.7. The number of hydrogen-bond donors (Lipinski definition) is 2. The number of benzene rings is 2. The third-order valence-corrected chi connectivity index (χ3v) is 3.45. The van der Waals surface area contributed by atoms with Crippen LogP contribution in [0, 0.1) is 11.3 Å². The van der Waals surface area contributed by atoms with Crippen molar-refractivity contribution in [2.45, 2.75) is 18.8 Å². The zero-order valence-corrected chi connectivity index (χ0v) is 13.0. The summed E-state index contributed by atoms with van der Waals surface area (Å²) >= 11 is 0. The molecule has 0 amide bonds. The van der Waals surface area contributed by atoms with Gasteiger partial charge in [-0.15, -0.1) is 0 Å². The number of esters is 1. The van der Waals surface area contributed by atoms with E-state index in [4.69, 9.17) is 10.00 Å². The number of carbonyl (C=O) groups excluding carboxylic acids is 1. The lowest BCUT2D eigenvalue weighted by Gasteiger charge is -2.17. The van der Waals surface area contributed by atoms with Gasteiger partial charge in [-0.25, -0.2) is 4.79 Å². The molecule has 2 rings (SSSR count). The van der Waals surface area contributed by atoms with Crippen molar-refractivity contribution < 1.29 is 24.5 Å². The minimum Gasteiger partial charge on any atom is -0.488 e. The molecule has 0 radical (unpaired) electrons. The van der Waals surface area contributed by atoms with Crippen LogP contribution in [0.3, 0.4) is 0 Å². The van der Waals surface area contributed by atoms with Gasteiger partial charge < -0.3 is 19.7 Å². The third-order valence-electron chi connectivity index (χ3n) is 3.45. The van der Waals surface area contributed by atoms with Crippen LogP contribution >= 0.6 is 0 Å². The summed E-state index contributed by atoms with van der Waals surface area (Å²) < 4.78 is 10.0. The lowest BCUT2D eigenvalue weighted by molar-refractivity contribution is -0.156. The largest absolute Gasteiger partial charge is 0.488 e. The molecule has 2 aromatic rings. The Morgan fingerprint density at radius 1 is 1.21 bits per heavy atom. The first kappa shape index (κ1) is 17.5. The number of nitriles is 1. The number of methoxy groups -OCH3 is 1. The van der Waals surface area contributed by atoms with Crippen LogP contribution in [-0.2, 0) is 16.1 Å². The van der Waals surface area contributed by atoms with E-state index >= 15 is 0 Å². The highest BCUT2D eigenvalue weighted by atomic mass is 16.5. The Hall–Kier alpha value is -2.88. The van der Waals surface area contributed by atoms with Crippen LogP contribution in [0.5, 0.6) is 5.75 Å². The molecule has 0 aliphatic carbocycles. The molecule has 2 aromatic carbocycles. The number of ether oxygens (including phenoxy) is 2. The van der Waals surface area contributed by atoms with Gasteiger partial charge in [0.1, 0.15) is 24.5 Å². The Bertz CT molecular complexity index is 739. The molecule has 6 heteroatoms. The molecular weight excluding hydrogens is 310 g/mol. The number of nitrogens with zero attached hydrogens (tertiary/aromatic N) is 1. The molecule has 0 spiro atoms. The van der Waals surface area contributed by atoms with Crippen molar-refractivity contribution >= 4 is 5.97 Å². The van der Waals surface area contributed by atoms with E-state index in [1.54, 1.807) is 0 Å². The first-order valence-corrected chi connectivity index (χ1v) is 7.21. The van der Waals surface area contributed by atoms with Crippen LogP contribution in [0.4, 0.5) is 0 Å². The van der Waals surface area contributed by atoms with Gasteiger partial charge in [0.25, 0.3) is 0 Å². The summed E-state index contributed by atoms with van der Waals surface area (Å²) in [5.41, 5.74) is 1.45. The second-order valence-corrected chi connectivity index (χ2v) is 5.05. The van der Waals surface area contributed by atoms with E-state index in [1.165, 1.54) is 18.2 Å². The van der Waals surface area contributed by atoms with E-state index in [-0.39, 0.29) is 23.5 Å². The first-order chi connectivity index (χ1) is 11.6. The number of aliphatic hydroxyl groups is 2. The fourth-order valence-corrected chi connectivity index (χ4v) is 2.10. The monoisotopic (exact) mass is 327 g/mol.